The highest BCUT2D eigenvalue weighted by molar-refractivity contribution is 6.09. The van der Waals surface area contributed by atoms with E-state index in [0.717, 1.165) is 51.1 Å². The van der Waals surface area contributed by atoms with Crippen molar-refractivity contribution in [1.29, 1.82) is 0 Å². The Morgan fingerprint density at radius 2 is 1.91 bits per heavy atom. The van der Waals surface area contributed by atoms with Gasteiger partial charge in [-0.25, -0.2) is 13.5 Å². The van der Waals surface area contributed by atoms with Gasteiger partial charge in [-0.1, -0.05) is 23.4 Å². The third-order valence-electron chi connectivity index (χ3n) is 5.62. The zero-order chi connectivity index (χ0) is 22.9. The molecule has 5 rings (SSSR count). The number of fused-ring (bicyclic) bond motifs is 3. The summed E-state index contributed by atoms with van der Waals surface area (Å²) in [7, 11) is 1.65. The van der Waals surface area contributed by atoms with Crippen LogP contribution in [-0.2, 0) is 13.1 Å². The van der Waals surface area contributed by atoms with Crippen molar-refractivity contribution in [2.24, 2.45) is 0 Å². The molecule has 166 valence electrons. The highest BCUT2D eigenvalue weighted by Gasteiger charge is 2.15. The van der Waals surface area contributed by atoms with E-state index in [9.17, 15) is 8.78 Å². The lowest BCUT2D eigenvalue weighted by Crippen LogP contribution is -2.02. The summed E-state index contributed by atoms with van der Waals surface area (Å²) in [6.45, 7) is 2.97. The third kappa shape index (κ3) is 3.95. The molecular formula is C25H21F2N5O. The molecule has 0 saturated carbocycles. The number of rotatable bonds is 6. The molecule has 0 amide bonds. The number of pyridine rings is 1. The normalized spacial score (nSPS) is 11.8. The first kappa shape index (κ1) is 20.8. The van der Waals surface area contributed by atoms with Crippen LogP contribution in [0.4, 0.5) is 8.78 Å². The first-order chi connectivity index (χ1) is 16.0. The predicted molar refractivity (Wildman–Crippen MR) is 123 cm³/mol. The third-order valence-corrected chi connectivity index (χ3v) is 5.62. The maximum absolute atomic E-state index is 13.4. The molecule has 0 aliphatic heterocycles. The summed E-state index contributed by atoms with van der Waals surface area (Å²) >= 11 is 0. The van der Waals surface area contributed by atoms with Crippen LogP contribution in [0.1, 0.15) is 17.0 Å². The van der Waals surface area contributed by atoms with Crippen molar-refractivity contribution in [2.75, 3.05) is 7.11 Å². The molecule has 3 heterocycles. The second-order valence-electron chi connectivity index (χ2n) is 7.77. The van der Waals surface area contributed by atoms with Gasteiger partial charge in [-0.15, -0.1) is 5.10 Å². The van der Waals surface area contributed by atoms with Crippen molar-refractivity contribution >= 4 is 27.9 Å². The zero-order valence-corrected chi connectivity index (χ0v) is 18.2. The smallest absolute Gasteiger partial charge is 0.159 e. The van der Waals surface area contributed by atoms with Gasteiger partial charge in [-0.2, -0.15) is 0 Å². The van der Waals surface area contributed by atoms with E-state index in [0.29, 0.717) is 18.7 Å². The van der Waals surface area contributed by atoms with E-state index < -0.39 is 11.6 Å². The molecule has 3 aromatic heterocycles. The molecule has 0 radical (unpaired) electrons. The minimum absolute atomic E-state index is 0.452. The Hall–Kier alpha value is -4.07. The summed E-state index contributed by atoms with van der Waals surface area (Å²) in [4.78, 5) is 4.48. The standard InChI is InChI=1S/C25H21F2N5O/c1-16-25-21(9-10-28-16)20-7-6-19(33-2)13-24(20)32(25)15-18-14-31(30-29-18)11-3-4-17-5-8-22(26)23(27)12-17/h3-10,12-14H,11,15H2,1-2H3/b4-3+. The second kappa shape index (κ2) is 8.46. The van der Waals surface area contributed by atoms with E-state index in [2.05, 4.69) is 25.9 Å². The highest BCUT2D eigenvalue weighted by atomic mass is 19.2. The second-order valence-corrected chi connectivity index (χ2v) is 7.77. The molecule has 0 fully saturated rings. The summed E-state index contributed by atoms with van der Waals surface area (Å²) in [5, 5.41) is 10.8. The summed E-state index contributed by atoms with van der Waals surface area (Å²) < 4.78 is 35.8. The van der Waals surface area contributed by atoms with Crippen LogP contribution < -0.4 is 4.74 Å². The topological polar surface area (TPSA) is 57.8 Å². The number of nitrogens with zero attached hydrogens (tertiary/aromatic N) is 5. The van der Waals surface area contributed by atoms with Crippen molar-refractivity contribution in [2.45, 2.75) is 20.0 Å². The van der Waals surface area contributed by atoms with Gasteiger partial charge >= 0.3 is 0 Å². The molecule has 0 aliphatic carbocycles. The SMILES string of the molecule is COc1ccc2c3ccnc(C)c3n(Cc3cn(C/C=C/c4ccc(F)c(F)c4)nn3)c2c1. The van der Waals surface area contributed by atoms with Gasteiger partial charge in [0.2, 0.25) is 0 Å². The van der Waals surface area contributed by atoms with E-state index in [1.165, 1.54) is 6.07 Å². The van der Waals surface area contributed by atoms with Gasteiger partial charge in [0, 0.05) is 23.0 Å². The van der Waals surface area contributed by atoms with Crippen LogP contribution in [0, 0.1) is 18.6 Å². The van der Waals surface area contributed by atoms with E-state index in [1.807, 2.05) is 43.6 Å². The van der Waals surface area contributed by atoms with Crippen molar-refractivity contribution in [3.8, 4) is 5.75 Å². The van der Waals surface area contributed by atoms with Crippen LogP contribution in [0.25, 0.3) is 27.9 Å². The number of methoxy groups -OCH3 is 1. The Morgan fingerprint density at radius 1 is 1.03 bits per heavy atom. The summed E-state index contributed by atoms with van der Waals surface area (Å²) in [6.07, 6.45) is 7.24. The average molecular weight is 445 g/mol. The molecule has 8 heteroatoms. The van der Waals surface area contributed by atoms with Crippen LogP contribution in [0.15, 0.2) is 60.9 Å². The van der Waals surface area contributed by atoms with Crippen LogP contribution in [-0.4, -0.2) is 31.7 Å². The number of ether oxygens (including phenoxy) is 1. The van der Waals surface area contributed by atoms with E-state index in [1.54, 1.807) is 17.9 Å². The Bertz CT molecular complexity index is 1500. The van der Waals surface area contributed by atoms with E-state index >= 15 is 0 Å². The maximum atomic E-state index is 13.4. The molecule has 0 aliphatic rings. The number of aryl methyl sites for hydroxylation is 1. The Balaban J connectivity index is 1.43. The number of allylic oxidation sites excluding steroid dienone is 1. The first-order valence-corrected chi connectivity index (χ1v) is 10.5. The minimum atomic E-state index is -0.868. The van der Waals surface area contributed by atoms with Crippen LogP contribution >= 0.6 is 0 Å². The lowest BCUT2D eigenvalue weighted by Gasteiger charge is -2.07. The largest absolute Gasteiger partial charge is 0.497 e. The van der Waals surface area contributed by atoms with Gasteiger partial charge in [-0.05, 0) is 42.8 Å². The zero-order valence-electron chi connectivity index (χ0n) is 18.2. The molecule has 0 unspecified atom stereocenters. The Morgan fingerprint density at radius 3 is 2.73 bits per heavy atom. The van der Waals surface area contributed by atoms with Gasteiger partial charge in [0.25, 0.3) is 0 Å². The van der Waals surface area contributed by atoms with Gasteiger partial charge in [0.15, 0.2) is 11.6 Å². The lowest BCUT2D eigenvalue weighted by molar-refractivity contribution is 0.415. The molecule has 33 heavy (non-hydrogen) atoms. The summed E-state index contributed by atoms with van der Waals surface area (Å²) in [6, 6.07) is 11.8. The van der Waals surface area contributed by atoms with Gasteiger partial charge in [0.05, 0.1) is 43.1 Å². The van der Waals surface area contributed by atoms with Crippen LogP contribution in [0.2, 0.25) is 0 Å². The molecule has 2 aromatic carbocycles. The molecule has 5 aromatic rings. The number of aromatic nitrogens is 5. The highest BCUT2D eigenvalue weighted by Crippen LogP contribution is 2.33. The monoisotopic (exact) mass is 445 g/mol. The molecule has 6 nitrogen and oxygen atoms in total. The minimum Gasteiger partial charge on any atom is -0.497 e. The van der Waals surface area contributed by atoms with Crippen molar-refractivity contribution in [3.63, 3.8) is 0 Å². The predicted octanol–water partition coefficient (Wildman–Crippen LogP) is 5.14. The van der Waals surface area contributed by atoms with Crippen molar-refractivity contribution < 1.29 is 13.5 Å². The van der Waals surface area contributed by atoms with E-state index in [-0.39, 0.29) is 0 Å². The fraction of sp³-hybridized carbons (Fsp3) is 0.160. The maximum Gasteiger partial charge on any atom is 0.159 e. The molecule has 0 bridgehead atoms. The van der Waals surface area contributed by atoms with Gasteiger partial charge < -0.3 is 9.30 Å². The van der Waals surface area contributed by atoms with Crippen molar-refractivity contribution in [3.05, 3.63) is 89.5 Å². The first-order valence-electron chi connectivity index (χ1n) is 10.5. The molecular weight excluding hydrogens is 424 g/mol. The molecule has 0 atom stereocenters. The molecule has 0 spiro atoms. The number of benzene rings is 2. The van der Waals surface area contributed by atoms with Crippen LogP contribution in [0.3, 0.4) is 0 Å². The fourth-order valence-corrected chi connectivity index (χ4v) is 4.07. The van der Waals surface area contributed by atoms with E-state index in [4.69, 9.17) is 4.74 Å². The number of halogens is 2. The number of hydrogen-bond donors (Lipinski definition) is 0. The quantitative estimate of drug-likeness (QED) is 0.363. The van der Waals surface area contributed by atoms with Gasteiger partial charge in [-0.3, -0.25) is 4.98 Å². The summed E-state index contributed by atoms with van der Waals surface area (Å²) in [5.74, 6) is -0.947. The van der Waals surface area contributed by atoms with Crippen molar-refractivity contribution in [1.82, 2.24) is 24.5 Å². The molecule has 0 saturated heterocycles. The average Bonchev–Trinajstić information content (AvgIpc) is 3.39. The Kier molecular flexibility index (Phi) is 5.34. The van der Waals surface area contributed by atoms with Crippen LogP contribution in [0.5, 0.6) is 5.75 Å². The molecule has 0 N–H and O–H groups in total. The van der Waals surface area contributed by atoms with Gasteiger partial charge in [0.1, 0.15) is 11.4 Å². The fourth-order valence-electron chi connectivity index (χ4n) is 4.07. The lowest BCUT2D eigenvalue weighted by atomic mass is 10.1. The number of hydrogen-bond acceptors (Lipinski definition) is 4. The summed E-state index contributed by atoms with van der Waals surface area (Å²) in [5.41, 5.74) is 4.39. The Labute approximate surface area is 188 Å².